The number of alkyl halides is 1. The Morgan fingerprint density at radius 3 is 2.75 bits per heavy atom. The number of aromatic nitrogens is 1. The van der Waals surface area contributed by atoms with Crippen LogP contribution in [0.3, 0.4) is 0 Å². The zero-order valence-corrected chi connectivity index (χ0v) is 8.42. The van der Waals surface area contributed by atoms with Crippen LogP contribution < -0.4 is 11.5 Å². The third-order valence-electron chi connectivity index (χ3n) is 0.901. The normalized spacial score (nSPS) is 8.75. The molecule has 0 radical (unpaired) electrons. The summed E-state index contributed by atoms with van der Waals surface area (Å²) in [4.78, 5) is 7.76. The number of halogens is 2. The molecule has 0 atom stereocenters. The van der Waals surface area contributed by atoms with Crippen LogP contribution in [0.4, 0.5) is 5.13 Å². The highest BCUT2D eigenvalue weighted by Gasteiger charge is 1.97. The summed E-state index contributed by atoms with van der Waals surface area (Å²) in [5, 5.41) is 2.36. The number of nitrogens with two attached hydrogens (primary N) is 2. The van der Waals surface area contributed by atoms with E-state index in [-0.39, 0.29) is 18.4 Å². The second-order valence-corrected chi connectivity index (χ2v) is 2.90. The van der Waals surface area contributed by atoms with Crippen molar-refractivity contribution in [3.8, 4) is 0 Å². The number of hydrogen-bond donors (Lipinski definition) is 2. The van der Waals surface area contributed by atoms with Gasteiger partial charge in [-0.1, -0.05) is 0 Å². The van der Waals surface area contributed by atoms with E-state index in [0.717, 1.165) is 5.69 Å². The molecule has 4 nitrogen and oxygen atoms in total. The van der Waals surface area contributed by atoms with Crippen molar-refractivity contribution < 1.29 is 0 Å². The van der Waals surface area contributed by atoms with Gasteiger partial charge in [0, 0.05) is 5.38 Å². The van der Waals surface area contributed by atoms with E-state index in [1.54, 1.807) is 0 Å². The molecule has 0 aliphatic heterocycles. The number of guanidine groups is 1. The maximum atomic E-state index is 5.51. The Hall–Kier alpha value is -0.520. The SMILES string of the molecule is Cl.N[13C](N)=N[13c]1n[13c](CCl)cs1. The van der Waals surface area contributed by atoms with Crippen molar-refractivity contribution in [2.24, 2.45) is 16.5 Å². The van der Waals surface area contributed by atoms with Gasteiger partial charge in [0.05, 0.1) is 11.6 Å². The van der Waals surface area contributed by atoms with Gasteiger partial charge in [0.2, 0.25) is 5.13 Å². The molecule has 0 amide bonds. The summed E-state index contributed by atoms with van der Waals surface area (Å²) < 4.78 is 0. The first-order valence-electron chi connectivity index (χ1n) is 2.82. The molecule has 0 aliphatic carbocycles. The van der Waals surface area contributed by atoms with E-state index >= 15 is 0 Å². The maximum Gasteiger partial charge on any atom is 0.212 e. The Labute approximate surface area is 85.1 Å². The Bertz CT molecular complexity index is 268. The van der Waals surface area contributed by atoms with E-state index in [1.807, 2.05) is 5.38 Å². The van der Waals surface area contributed by atoms with E-state index in [9.17, 15) is 0 Å². The summed E-state index contributed by atoms with van der Waals surface area (Å²) in [6.45, 7) is 0. The second kappa shape index (κ2) is 5.18. The highest BCUT2D eigenvalue weighted by Crippen LogP contribution is 2.19. The predicted molar refractivity (Wildman–Crippen MR) is 54.4 cm³/mol. The molecule has 0 fully saturated rings. The van der Waals surface area contributed by atoms with Gasteiger partial charge in [0.25, 0.3) is 0 Å². The number of hydrogen-bond acceptors (Lipinski definition) is 3. The van der Waals surface area contributed by atoms with Crippen LogP contribution >= 0.6 is 35.3 Å². The Morgan fingerprint density at radius 2 is 2.33 bits per heavy atom. The standard InChI is InChI=1S/C5H7ClN4S.ClH/c6-1-3-2-11-5(9-3)10-4(7)8;/h2H,1H2,(H4,7,8,9,10);1H/i3+1,4+1,5+1;. The van der Waals surface area contributed by atoms with Crippen molar-refractivity contribution >= 4 is 46.4 Å². The van der Waals surface area contributed by atoms with Crippen molar-refractivity contribution in [3.63, 3.8) is 0 Å². The lowest BCUT2D eigenvalue weighted by Gasteiger charge is -1.85. The molecule has 1 rings (SSSR count). The molecule has 1 heterocycles. The molecule has 0 unspecified atom stereocenters. The lowest BCUT2D eigenvalue weighted by atomic mass is 11.0. The van der Waals surface area contributed by atoms with Gasteiger partial charge in [-0.2, -0.15) is 4.99 Å². The average molecular weight is 230 g/mol. The quantitative estimate of drug-likeness (QED) is 0.347. The number of rotatable bonds is 2. The third-order valence-corrected chi connectivity index (χ3v) is 1.96. The monoisotopic (exact) mass is 229 g/mol. The first-order chi connectivity index (χ1) is 5.22. The van der Waals surface area contributed by atoms with Gasteiger partial charge >= 0.3 is 0 Å². The molecule has 0 saturated carbocycles. The fourth-order valence-electron chi connectivity index (χ4n) is 0.519. The summed E-state index contributed by atoms with van der Waals surface area (Å²) in [5.74, 6) is 0.400. The predicted octanol–water partition coefficient (Wildman–Crippen LogP) is 1.21. The number of thiazole rings is 1. The molecule has 68 valence electrons. The van der Waals surface area contributed by atoms with E-state index in [1.165, 1.54) is 11.3 Å². The van der Waals surface area contributed by atoms with E-state index < -0.39 is 0 Å². The van der Waals surface area contributed by atoms with Crippen molar-refractivity contribution in [1.82, 2.24) is 4.98 Å². The molecule has 1 aromatic heterocycles. The first-order valence-corrected chi connectivity index (χ1v) is 4.24. The van der Waals surface area contributed by atoms with Crippen molar-refractivity contribution in [2.75, 3.05) is 0 Å². The minimum absolute atomic E-state index is 0. The first kappa shape index (κ1) is 11.5. The van der Waals surface area contributed by atoms with Gasteiger partial charge in [0.15, 0.2) is 5.96 Å². The van der Waals surface area contributed by atoms with Gasteiger partial charge in [0.1, 0.15) is 0 Å². The van der Waals surface area contributed by atoms with Crippen LogP contribution in [0.2, 0.25) is 0 Å². The van der Waals surface area contributed by atoms with Crippen molar-refractivity contribution in [2.45, 2.75) is 5.88 Å². The summed E-state index contributed by atoms with van der Waals surface area (Å²) >= 11 is 6.87. The van der Waals surface area contributed by atoms with Gasteiger partial charge in [-0.3, -0.25) is 0 Å². The molecule has 0 bridgehead atoms. The van der Waals surface area contributed by atoms with Crippen LogP contribution in [0.1, 0.15) is 5.69 Å². The molecule has 0 aromatic carbocycles. The van der Waals surface area contributed by atoms with Crippen molar-refractivity contribution in [1.29, 1.82) is 0 Å². The van der Waals surface area contributed by atoms with Crippen LogP contribution in [-0.4, -0.2) is 10.9 Å². The Kier molecular flexibility index (Phi) is 4.96. The fraction of sp³-hybridized carbons (Fsp3) is 0.200. The summed E-state index contributed by atoms with van der Waals surface area (Å²) in [6.07, 6.45) is 0. The largest absolute Gasteiger partial charge is 0.370 e. The molecule has 1 aromatic rings. The van der Waals surface area contributed by atoms with E-state index in [0.29, 0.717) is 11.0 Å². The van der Waals surface area contributed by atoms with Crippen LogP contribution in [0.25, 0.3) is 0 Å². The Morgan fingerprint density at radius 1 is 1.67 bits per heavy atom. The third kappa shape index (κ3) is 3.25. The van der Waals surface area contributed by atoms with Crippen LogP contribution in [0, 0.1) is 0 Å². The smallest absolute Gasteiger partial charge is 0.212 e. The zero-order valence-electron chi connectivity index (χ0n) is 6.03. The molecule has 0 saturated heterocycles. The summed E-state index contributed by atoms with van der Waals surface area (Å²) in [7, 11) is 0. The number of nitrogens with zero attached hydrogens (tertiary/aromatic N) is 2. The van der Waals surface area contributed by atoms with Gasteiger partial charge in [-0.05, 0) is 0 Å². The minimum Gasteiger partial charge on any atom is -0.370 e. The van der Waals surface area contributed by atoms with E-state index in [4.69, 9.17) is 23.1 Å². The molecule has 0 spiro atoms. The fourth-order valence-corrected chi connectivity index (χ4v) is 1.45. The van der Waals surface area contributed by atoms with Gasteiger partial charge in [-0.15, -0.1) is 35.3 Å². The van der Waals surface area contributed by atoms with Crippen molar-refractivity contribution in [3.05, 3.63) is 11.1 Å². The highest BCUT2D eigenvalue weighted by atomic mass is 35.5. The summed E-state index contributed by atoms with van der Waals surface area (Å²) in [6, 6.07) is 0. The number of aliphatic imine (C=N–C) groups is 1. The molecule has 0 aliphatic rings. The minimum atomic E-state index is 0. The molecular formula is C5H8Cl2N4S. The molecule has 12 heavy (non-hydrogen) atoms. The summed E-state index contributed by atoms with van der Waals surface area (Å²) in [5.41, 5.74) is 11.1. The average Bonchev–Trinajstić information content (AvgIpc) is 2.34. The van der Waals surface area contributed by atoms with Crippen LogP contribution in [0.5, 0.6) is 0 Å². The van der Waals surface area contributed by atoms with Crippen LogP contribution in [-0.2, 0) is 5.88 Å². The lowest BCUT2D eigenvalue weighted by molar-refractivity contribution is 1.21. The topological polar surface area (TPSA) is 77.3 Å². The van der Waals surface area contributed by atoms with Gasteiger partial charge < -0.3 is 11.5 Å². The second-order valence-electron chi connectivity index (χ2n) is 1.79. The Balaban J connectivity index is 0.00000121. The van der Waals surface area contributed by atoms with Gasteiger partial charge in [-0.25, -0.2) is 4.98 Å². The lowest BCUT2D eigenvalue weighted by Crippen LogP contribution is -2.21. The highest BCUT2D eigenvalue weighted by molar-refractivity contribution is 7.13. The maximum absolute atomic E-state index is 5.51. The molecule has 4 N–H and O–H groups in total. The van der Waals surface area contributed by atoms with Crippen LogP contribution in [0.15, 0.2) is 10.4 Å². The van der Waals surface area contributed by atoms with E-state index in [2.05, 4.69) is 9.98 Å². The molecular weight excluding hydrogens is 222 g/mol. The molecule has 7 heteroatoms. The zero-order chi connectivity index (χ0) is 8.27.